The van der Waals surface area contributed by atoms with Crippen molar-refractivity contribution in [2.24, 2.45) is 0 Å². The van der Waals surface area contributed by atoms with Gasteiger partial charge >= 0.3 is 0 Å². The van der Waals surface area contributed by atoms with Crippen molar-refractivity contribution >= 4 is 0 Å². The zero-order chi connectivity index (χ0) is 18.9. The van der Waals surface area contributed by atoms with E-state index in [0.29, 0.717) is 0 Å². The normalized spacial score (nSPS) is 11.8. The van der Waals surface area contributed by atoms with Gasteiger partial charge in [0.1, 0.15) is 6.54 Å². The minimum absolute atomic E-state index is 1.22. The molecule has 1 rings (SSSR count). The second kappa shape index (κ2) is 15.3. The van der Waals surface area contributed by atoms with Gasteiger partial charge in [0.15, 0.2) is 0 Å². The van der Waals surface area contributed by atoms with E-state index in [1.807, 2.05) is 0 Å². The van der Waals surface area contributed by atoms with Crippen LogP contribution in [0.25, 0.3) is 0 Å². The van der Waals surface area contributed by atoms with E-state index in [9.17, 15) is 0 Å². The van der Waals surface area contributed by atoms with Crippen molar-refractivity contribution in [3.8, 4) is 0 Å². The molecule has 0 aliphatic heterocycles. The van der Waals surface area contributed by atoms with Crippen LogP contribution in [0.15, 0.2) is 30.3 Å². The molecule has 0 saturated carbocycles. The van der Waals surface area contributed by atoms with Crippen LogP contribution in [0.5, 0.6) is 0 Å². The zero-order valence-corrected chi connectivity index (χ0v) is 18.1. The lowest BCUT2D eigenvalue weighted by molar-refractivity contribution is -0.939. The minimum atomic E-state index is 1.22. The minimum Gasteiger partial charge on any atom is -0.320 e. The maximum Gasteiger partial charge on any atom is 0.104 e. The second-order valence-electron chi connectivity index (χ2n) is 8.28. The van der Waals surface area contributed by atoms with Crippen molar-refractivity contribution < 1.29 is 4.48 Å². The molecule has 0 aliphatic carbocycles. The van der Waals surface area contributed by atoms with Crippen molar-refractivity contribution in [3.63, 3.8) is 0 Å². The number of rotatable bonds is 17. The van der Waals surface area contributed by atoms with Crippen molar-refractivity contribution in [2.45, 2.75) is 104 Å². The molecule has 0 bridgehead atoms. The van der Waals surface area contributed by atoms with Crippen LogP contribution >= 0.6 is 0 Å². The molecule has 0 heterocycles. The summed E-state index contributed by atoms with van der Waals surface area (Å²) in [7, 11) is 0. The lowest BCUT2D eigenvalue weighted by Crippen LogP contribution is -2.48. The Morgan fingerprint density at radius 1 is 0.577 bits per heavy atom. The van der Waals surface area contributed by atoms with Crippen LogP contribution in [-0.2, 0) is 6.54 Å². The number of benzene rings is 1. The molecule has 0 atom stereocenters. The molecular formula is C25H46N+. The summed E-state index contributed by atoms with van der Waals surface area (Å²) in [5.74, 6) is 0. The molecule has 26 heavy (non-hydrogen) atoms. The van der Waals surface area contributed by atoms with Crippen LogP contribution in [0.4, 0.5) is 0 Å². The predicted molar refractivity (Wildman–Crippen MR) is 117 cm³/mol. The summed E-state index contributed by atoms with van der Waals surface area (Å²) in [5.41, 5.74) is 1.52. The number of hydrogen-bond acceptors (Lipinski definition) is 0. The SMILES string of the molecule is CCCCCCCC[N+](CC)(CCCCCCCC)Cc1ccccc1. The number of nitrogens with zero attached hydrogens (tertiary/aromatic N) is 1. The van der Waals surface area contributed by atoms with Gasteiger partial charge in [-0.2, -0.15) is 0 Å². The second-order valence-corrected chi connectivity index (χ2v) is 8.28. The molecule has 150 valence electrons. The zero-order valence-electron chi connectivity index (χ0n) is 18.1. The Morgan fingerprint density at radius 2 is 1.04 bits per heavy atom. The first-order chi connectivity index (χ1) is 12.8. The maximum atomic E-state index is 2.41. The van der Waals surface area contributed by atoms with Crippen molar-refractivity contribution in [1.29, 1.82) is 0 Å². The van der Waals surface area contributed by atoms with Gasteiger partial charge in [-0.25, -0.2) is 0 Å². The van der Waals surface area contributed by atoms with Gasteiger partial charge in [0.25, 0.3) is 0 Å². The molecule has 0 fully saturated rings. The van der Waals surface area contributed by atoms with E-state index in [0.717, 1.165) is 0 Å². The third-order valence-electron chi connectivity index (χ3n) is 6.00. The standard InChI is InChI=1S/C25H46N/c1-4-7-9-11-13-18-22-26(6-3,23-19-14-12-10-8-5-2)24-25-20-16-15-17-21-25/h15-17,20-21H,4-14,18-19,22-24H2,1-3H3/q+1. The lowest BCUT2D eigenvalue weighted by atomic mass is 10.1. The van der Waals surface area contributed by atoms with E-state index >= 15 is 0 Å². The molecule has 0 radical (unpaired) electrons. The van der Waals surface area contributed by atoms with Gasteiger partial charge in [-0.3, -0.25) is 0 Å². The fraction of sp³-hybridized carbons (Fsp3) is 0.760. The molecule has 1 nitrogen and oxygen atoms in total. The predicted octanol–water partition coefficient (Wildman–Crippen LogP) is 7.74. The Labute approximate surface area is 164 Å². The fourth-order valence-electron chi connectivity index (χ4n) is 4.12. The molecular weight excluding hydrogens is 314 g/mol. The van der Waals surface area contributed by atoms with Crippen molar-refractivity contribution in [2.75, 3.05) is 19.6 Å². The van der Waals surface area contributed by atoms with E-state index < -0.39 is 0 Å². The Kier molecular flexibility index (Phi) is 13.6. The summed E-state index contributed by atoms with van der Waals surface area (Å²) in [6.07, 6.45) is 16.9. The maximum absolute atomic E-state index is 2.41. The van der Waals surface area contributed by atoms with Gasteiger partial charge in [-0.1, -0.05) is 95.5 Å². The van der Waals surface area contributed by atoms with Crippen LogP contribution < -0.4 is 0 Å². The molecule has 1 aromatic rings. The lowest BCUT2D eigenvalue weighted by Gasteiger charge is -2.38. The Bertz CT molecular complexity index is 395. The Morgan fingerprint density at radius 3 is 1.50 bits per heavy atom. The van der Waals surface area contributed by atoms with Crippen LogP contribution in [0.3, 0.4) is 0 Å². The van der Waals surface area contributed by atoms with E-state index in [4.69, 9.17) is 0 Å². The first kappa shape index (κ1) is 23.2. The number of quaternary nitrogens is 1. The average Bonchev–Trinajstić information content (AvgIpc) is 2.68. The van der Waals surface area contributed by atoms with Gasteiger partial charge in [0, 0.05) is 5.56 Å². The molecule has 0 amide bonds. The van der Waals surface area contributed by atoms with Crippen LogP contribution in [0.1, 0.15) is 103 Å². The molecule has 0 saturated heterocycles. The topological polar surface area (TPSA) is 0 Å². The highest BCUT2D eigenvalue weighted by Gasteiger charge is 2.24. The van der Waals surface area contributed by atoms with E-state index in [1.54, 1.807) is 0 Å². The monoisotopic (exact) mass is 360 g/mol. The first-order valence-electron chi connectivity index (χ1n) is 11.7. The number of unbranched alkanes of at least 4 members (excludes halogenated alkanes) is 10. The van der Waals surface area contributed by atoms with E-state index in [1.165, 1.54) is 113 Å². The highest BCUT2D eigenvalue weighted by atomic mass is 15.3. The van der Waals surface area contributed by atoms with E-state index in [-0.39, 0.29) is 0 Å². The van der Waals surface area contributed by atoms with Crippen LogP contribution in [0.2, 0.25) is 0 Å². The van der Waals surface area contributed by atoms with Gasteiger partial charge < -0.3 is 4.48 Å². The van der Waals surface area contributed by atoms with Crippen LogP contribution in [0, 0.1) is 0 Å². The summed E-state index contributed by atoms with van der Waals surface area (Å²) in [5, 5.41) is 0. The summed E-state index contributed by atoms with van der Waals surface area (Å²) in [6, 6.07) is 11.2. The van der Waals surface area contributed by atoms with Gasteiger partial charge in [-0.15, -0.1) is 0 Å². The Balaban J connectivity index is 2.50. The van der Waals surface area contributed by atoms with E-state index in [2.05, 4.69) is 51.1 Å². The fourth-order valence-corrected chi connectivity index (χ4v) is 4.12. The molecule has 1 heteroatoms. The van der Waals surface area contributed by atoms with Crippen molar-refractivity contribution in [1.82, 2.24) is 0 Å². The molecule has 0 unspecified atom stereocenters. The summed E-state index contributed by atoms with van der Waals surface area (Å²) < 4.78 is 1.30. The molecule has 0 aliphatic rings. The highest BCUT2D eigenvalue weighted by molar-refractivity contribution is 5.13. The largest absolute Gasteiger partial charge is 0.320 e. The quantitative estimate of drug-likeness (QED) is 0.197. The summed E-state index contributed by atoms with van der Waals surface area (Å²) in [6.45, 7) is 12.3. The summed E-state index contributed by atoms with van der Waals surface area (Å²) >= 11 is 0. The molecule has 0 aromatic heterocycles. The van der Waals surface area contributed by atoms with Gasteiger partial charge in [0.2, 0.25) is 0 Å². The van der Waals surface area contributed by atoms with Gasteiger partial charge in [0.05, 0.1) is 19.6 Å². The van der Waals surface area contributed by atoms with Gasteiger partial charge in [-0.05, 0) is 32.6 Å². The molecule has 0 spiro atoms. The molecule has 1 aromatic carbocycles. The molecule has 0 N–H and O–H groups in total. The highest BCUT2D eigenvalue weighted by Crippen LogP contribution is 2.20. The Hall–Kier alpha value is -0.820. The third kappa shape index (κ3) is 10.4. The van der Waals surface area contributed by atoms with Crippen molar-refractivity contribution in [3.05, 3.63) is 35.9 Å². The summed E-state index contributed by atoms with van der Waals surface area (Å²) in [4.78, 5) is 0. The number of hydrogen-bond donors (Lipinski definition) is 0. The average molecular weight is 361 g/mol. The van der Waals surface area contributed by atoms with Crippen LogP contribution in [-0.4, -0.2) is 24.1 Å². The first-order valence-corrected chi connectivity index (χ1v) is 11.7. The third-order valence-corrected chi connectivity index (χ3v) is 6.00. The smallest absolute Gasteiger partial charge is 0.104 e.